The SMILES string of the molecule is CC1CCN(c2cc(C3=CCNCC3)ccc2C(N)=O)CC1.Cl.Cl. The van der Waals surface area contributed by atoms with E-state index in [-0.39, 0.29) is 30.7 Å². The highest BCUT2D eigenvalue weighted by atomic mass is 35.5. The number of hydrogen-bond donors (Lipinski definition) is 2. The van der Waals surface area contributed by atoms with Crippen molar-refractivity contribution in [2.75, 3.05) is 31.1 Å². The first kappa shape index (κ1) is 20.8. The molecule has 1 aromatic carbocycles. The van der Waals surface area contributed by atoms with Crippen LogP contribution in [0.2, 0.25) is 0 Å². The van der Waals surface area contributed by atoms with Crippen LogP contribution in [-0.2, 0) is 0 Å². The summed E-state index contributed by atoms with van der Waals surface area (Å²) in [6.45, 7) is 6.24. The van der Waals surface area contributed by atoms with Crippen molar-refractivity contribution in [3.63, 3.8) is 0 Å². The quantitative estimate of drug-likeness (QED) is 0.857. The van der Waals surface area contributed by atoms with Gasteiger partial charge in [0.15, 0.2) is 0 Å². The largest absolute Gasteiger partial charge is 0.371 e. The molecule has 0 aromatic heterocycles. The summed E-state index contributed by atoms with van der Waals surface area (Å²) >= 11 is 0. The molecule has 3 N–H and O–H groups in total. The molecule has 0 spiro atoms. The van der Waals surface area contributed by atoms with Crippen molar-refractivity contribution in [3.8, 4) is 0 Å². The fourth-order valence-electron chi connectivity index (χ4n) is 3.34. The highest BCUT2D eigenvalue weighted by Crippen LogP contribution is 2.30. The van der Waals surface area contributed by atoms with Crippen LogP contribution < -0.4 is 16.0 Å². The molecule has 0 unspecified atom stereocenters. The fourth-order valence-corrected chi connectivity index (χ4v) is 3.34. The van der Waals surface area contributed by atoms with Gasteiger partial charge < -0.3 is 16.0 Å². The molecular weight excluding hydrogens is 345 g/mol. The summed E-state index contributed by atoms with van der Waals surface area (Å²) in [5.41, 5.74) is 9.83. The Labute approximate surface area is 156 Å². The van der Waals surface area contributed by atoms with Crippen molar-refractivity contribution in [2.24, 2.45) is 11.7 Å². The van der Waals surface area contributed by atoms with Gasteiger partial charge >= 0.3 is 0 Å². The Hall–Kier alpha value is -1.23. The monoisotopic (exact) mass is 371 g/mol. The molecule has 24 heavy (non-hydrogen) atoms. The van der Waals surface area contributed by atoms with E-state index in [0.717, 1.165) is 44.2 Å². The average molecular weight is 372 g/mol. The van der Waals surface area contributed by atoms with E-state index in [2.05, 4.69) is 29.3 Å². The molecule has 2 aliphatic heterocycles. The highest BCUT2D eigenvalue weighted by Gasteiger charge is 2.21. The Bertz CT molecular complexity index is 596. The summed E-state index contributed by atoms with van der Waals surface area (Å²) in [6, 6.07) is 6.09. The van der Waals surface area contributed by atoms with Gasteiger partial charge in [-0.25, -0.2) is 0 Å². The Balaban J connectivity index is 0.00000144. The number of piperidine rings is 1. The van der Waals surface area contributed by atoms with Crippen molar-refractivity contribution in [1.29, 1.82) is 0 Å². The van der Waals surface area contributed by atoms with Gasteiger partial charge in [0.25, 0.3) is 5.91 Å². The van der Waals surface area contributed by atoms with E-state index in [1.54, 1.807) is 0 Å². The maximum atomic E-state index is 11.8. The number of carbonyl (C=O) groups is 1. The molecule has 4 nitrogen and oxygen atoms in total. The lowest BCUT2D eigenvalue weighted by Gasteiger charge is -2.33. The zero-order valence-electron chi connectivity index (χ0n) is 14.1. The van der Waals surface area contributed by atoms with Crippen molar-refractivity contribution < 1.29 is 4.79 Å². The van der Waals surface area contributed by atoms with Gasteiger partial charge in [-0.2, -0.15) is 0 Å². The second-order valence-electron chi connectivity index (χ2n) is 6.45. The van der Waals surface area contributed by atoms with Crippen LogP contribution in [0, 0.1) is 5.92 Å². The van der Waals surface area contributed by atoms with Crippen molar-refractivity contribution in [3.05, 3.63) is 35.4 Å². The number of amides is 1. The standard InChI is InChI=1S/C18H25N3O.2ClH/c1-13-6-10-21(11-7-13)17-12-15(2-3-16(17)18(19)22)14-4-8-20-9-5-14;;/h2-4,12-13,20H,5-11H2,1H3,(H2,19,22);2*1H. The number of hydrogen-bond acceptors (Lipinski definition) is 3. The molecule has 0 aliphatic carbocycles. The lowest BCUT2D eigenvalue weighted by molar-refractivity contribution is 0.100. The number of carbonyl (C=O) groups excluding carboxylic acids is 1. The molecule has 1 amide bonds. The smallest absolute Gasteiger partial charge is 0.250 e. The van der Waals surface area contributed by atoms with Crippen LogP contribution in [0.5, 0.6) is 0 Å². The molecule has 2 aliphatic rings. The average Bonchev–Trinajstić information content (AvgIpc) is 2.56. The van der Waals surface area contributed by atoms with E-state index in [4.69, 9.17) is 5.73 Å². The molecule has 6 heteroatoms. The number of nitrogens with one attached hydrogen (secondary N) is 1. The summed E-state index contributed by atoms with van der Waals surface area (Å²) in [5, 5.41) is 3.34. The van der Waals surface area contributed by atoms with Crippen molar-refractivity contribution >= 4 is 42.0 Å². The summed E-state index contributed by atoms with van der Waals surface area (Å²) < 4.78 is 0. The first-order valence-corrected chi connectivity index (χ1v) is 8.24. The van der Waals surface area contributed by atoms with E-state index in [0.29, 0.717) is 5.56 Å². The van der Waals surface area contributed by atoms with Gasteiger partial charge in [0.05, 0.1) is 11.3 Å². The molecule has 0 bridgehead atoms. The maximum absolute atomic E-state index is 11.8. The first-order chi connectivity index (χ1) is 10.6. The van der Waals surface area contributed by atoms with E-state index in [9.17, 15) is 4.79 Å². The highest BCUT2D eigenvalue weighted by molar-refractivity contribution is 5.99. The van der Waals surface area contributed by atoms with Crippen molar-refractivity contribution in [2.45, 2.75) is 26.2 Å². The molecule has 0 radical (unpaired) electrons. The number of primary amides is 1. The molecule has 2 heterocycles. The minimum atomic E-state index is -0.334. The van der Waals surface area contributed by atoms with Crippen LogP contribution in [0.3, 0.4) is 0 Å². The van der Waals surface area contributed by atoms with Crippen LogP contribution in [0.15, 0.2) is 24.3 Å². The Morgan fingerprint density at radius 1 is 1.25 bits per heavy atom. The van der Waals surface area contributed by atoms with Crippen LogP contribution in [0.1, 0.15) is 42.1 Å². The van der Waals surface area contributed by atoms with Gasteiger partial charge in [0, 0.05) is 19.6 Å². The van der Waals surface area contributed by atoms with Gasteiger partial charge in [0.2, 0.25) is 0 Å². The molecular formula is C18H27Cl2N3O. The molecule has 1 saturated heterocycles. The molecule has 134 valence electrons. The number of halogens is 2. The number of anilines is 1. The first-order valence-electron chi connectivity index (χ1n) is 8.24. The zero-order chi connectivity index (χ0) is 15.5. The number of rotatable bonds is 3. The minimum absolute atomic E-state index is 0. The van der Waals surface area contributed by atoms with Crippen molar-refractivity contribution in [1.82, 2.24) is 5.32 Å². The lowest BCUT2D eigenvalue weighted by Crippen LogP contribution is -2.34. The van der Waals surface area contributed by atoms with Gasteiger partial charge in [-0.15, -0.1) is 24.8 Å². The summed E-state index contributed by atoms with van der Waals surface area (Å²) in [7, 11) is 0. The Morgan fingerprint density at radius 3 is 2.54 bits per heavy atom. The lowest BCUT2D eigenvalue weighted by atomic mass is 9.95. The Kier molecular flexibility index (Phi) is 8.07. The zero-order valence-corrected chi connectivity index (χ0v) is 15.7. The second-order valence-corrected chi connectivity index (χ2v) is 6.45. The summed E-state index contributed by atoms with van der Waals surface area (Å²) in [4.78, 5) is 14.1. The molecule has 0 atom stereocenters. The van der Waals surface area contributed by atoms with E-state index in [1.165, 1.54) is 24.0 Å². The third kappa shape index (κ3) is 4.65. The van der Waals surface area contributed by atoms with Crippen LogP contribution >= 0.6 is 24.8 Å². The fraction of sp³-hybridized carbons (Fsp3) is 0.500. The van der Waals surface area contributed by atoms with Crippen LogP contribution in [0.25, 0.3) is 5.57 Å². The van der Waals surface area contributed by atoms with Gasteiger partial charge in [0.1, 0.15) is 0 Å². The minimum Gasteiger partial charge on any atom is -0.371 e. The predicted molar refractivity (Wildman–Crippen MR) is 106 cm³/mol. The third-order valence-corrected chi connectivity index (χ3v) is 4.82. The molecule has 1 aromatic rings. The molecule has 0 saturated carbocycles. The van der Waals surface area contributed by atoms with Gasteiger partial charge in [-0.1, -0.05) is 19.1 Å². The number of nitrogens with zero attached hydrogens (tertiary/aromatic N) is 1. The third-order valence-electron chi connectivity index (χ3n) is 4.82. The summed E-state index contributed by atoms with van der Waals surface area (Å²) in [5.74, 6) is 0.433. The predicted octanol–water partition coefficient (Wildman–Crippen LogP) is 3.24. The topological polar surface area (TPSA) is 58.4 Å². The normalized spacial score (nSPS) is 18.2. The maximum Gasteiger partial charge on any atom is 0.250 e. The number of nitrogens with two attached hydrogens (primary N) is 1. The second kappa shape index (κ2) is 9.30. The van der Waals surface area contributed by atoms with Gasteiger partial charge in [-0.3, -0.25) is 4.79 Å². The number of benzene rings is 1. The van der Waals surface area contributed by atoms with E-state index in [1.807, 2.05) is 12.1 Å². The molecule has 3 rings (SSSR count). The van der Waals surface area contributed by atoms with Crippen LogP contribution in [-0.4, -0.2) is 32.1 Å². The summed E-state index contributed by atoms with van der Waals surface area (Å²) in [6.07, 6.45) is 5.63. The van der Waals surface area contributed by atoms with Gasteiger partial charge in [-0.05, 0) is 55.0 Å². The van der Waals surface area contributed by atoms with E-state index >= 15 is 0 Å². The molecule has 1 fully saturated rings. The Morgan fingerprint density at radius 2 is 1.96 bits per heavy atom. The van der Waals surface area contributed by atoms with E-state index < -0.39 is 0 Å². The van der Waals surface area contributed by atoms with Crippen LogP contribution in [0.4, 0.5) is 5.69 Å².